The van der Waals surface area contributed by atoms with Crippen molar-refractivity contribution in [3.05, 3.63) is 69.5 Å². The molecule has 0 N–H and O–H groups in total. The fourth-order valence-electron chi connectivity index (χ4n) is 4.51. The topological polar surface area (TPSA) is 64.6 Å². The maximum Gasteiger partial charge on any atom is 0.285 e. The second-order valence-electron chi connectivity index (χ2n) is 8.12. The minimum Gasteiger partial charge on any atom is -0.461 e. The first-order chi connectivity index (χ1) is 15.4. The molecule has 0 unspecified atom stereocenters. The van der Waals surface area contributed by atoms with Crippen LogP contribution in [0.5, 0.6) is 0 Å². The lowest BCUT2D eigenvalue weighted by Crippen LogP contribution is -2.25. The summed E-state index contributed by atoms with van der Waals surface area (Å²) in [6, 6.07) is 14.3. The normalized spacial score (nSPS) is 16.1. The summed E-state index contributed by atoms with van der Waals surface area (Å²) in [5.74, 6) is 0.820. The average molecular weight is 487 g/mol. The number of thiazole rings is 1. The number of para-hydroxylation sites is 1. The van der Waals surface area contributed by atoms with Crippen LogP contribution < -0.4 is 4.80 Å². The Morgan fingerprint density at radius 3 is 2.53 bits per heavy atom. The zero-order valence-corrected chi connectivity index (χ0v) is 20.0. The molecule has 1 aliphatic rings. The summed E-state index contributed by atoms with van der Waals surface area (Å²) in [4.78, 5) is 0.628. The van der Waals surface area contributed by atoms with Gasteiger partial charge < -0.3 is 8.98 Å². The van der Waals surface area contributed by atoms with Crippen molar-refractivity contribution >= 4 is 43.9 Å². The third-order valence-electron chi connectivity index (χ3n) is 6.02. The Morgan fingerprint density at radius 2 is 1.78 bits per heavy atom. The number of rotatable bonds is 4. The van der Waals surface area contributed by atoms with Crippen molar-refractivity contribution in [1.82, 2.24) is 4.57 Å². The number of nitrogens with zero attached hydrogens (tertiary/aromatic N) is 2. The Balaban J connectivity index is 1.72. The first-order valence-electron chi connectivity index (χ1n) is 10.7. The van der Waals surface area contributed by atoms with Gasteiger partial charge in [0.15, 0.2) is 0 Å². The van der Waals surface area contributed by atoms with Crippen LogP contribution in [0.4, 0.5) is 0 Å². The Kier molecular flexibility index (Phi) is 5.73. The lowest BCUT2D eigenvalue weighted by atomic mass is 9.94. The third-order valence-corrected chi connectivity index (χ3v) is 8.51. The monoisotopic (exact) mass is 486 g/mol. The number of halogens is 1. The van der Waals surface area contributed by atoms with Gasteiger partial charge >= 0.3 is 0 Å². The fraction of sp³-hybridized carbons (Fsp3) is 0.292. The van der Waals surface area contributed by atoms with Crippen LogP contribution in [-0.2, 0) is 10.0 Å². The second kappa shape index (κ2) is 8.54. The van der Waals surface area contributed by atoms with E-state index in [9.17, 15) is 8.42 Å². The molecular weight excluding hydrogens is 464 g/mol. The molecule has 5 rings (SSSR count). The van der Waals surface area contributed by atoms with Crippen LogP contribution in [0.15, 0.2) is 67.6 Å². The number of furan rings is 1. The lowest BCUT2D eigenvalue weighted by molar-refractivity contribution is 0.351. The molecule has 1 saturated carbocycles. The van der Waals surface area contributed by atoms with Crippen LogP contribution in [0.1, 0.15) is 43.9 Å². The molecule has 0 aliphatic heterocycles. The molecule has 166 valence electrons. The van der Waals surface area contributed by atoms with Crippen LogP contribution in [0.3, 0.4) is 0 Å². The lowest BCUT2D eigenvalue weighted by Gasteiger charge is -2.25. The standard InChI is InChI=1S/C24H23ClN2O3S2/c1-16-23(20-9-5-6-10-22(20)30-16)21-15-31-24(27(21)18-7-3-2-4-8-18)26-32(28,29)19-13-11-17(25)12-14-19/h5-6,9-15,18H,2-4,7-8H2,1H3/b26-24+. The maximum atomic E-state index is 13.1. The van der Waals surface area contributed by atoms with E-state index in [1.54, 1.807) is 12.1 Å². The average Bonchev–Trinajstić information content (AvgIpc) is 3.33. The minimum absolute atomic E-state index is 0.136. The van der Waals surface area contributed by atoms with Crippen LogP contribution in [-0.4, -0.2) is 13.0 Å². The van der Waals surface area contributed by atoms with Crippen molar-refractivity contribution in [2.75, 3.05) is 0 Å². The molecule has 5 nitrogen and oxygen atoms in total. The minimum atomic E-state index is -3.87. The van der Waals surface area contributed by atoms with E-state index in [1.807, 2.05) is 36.6 Å². The second-order valence-corrected chi connectivity index (χ2v) is 11.0. The van der Waals surface area contributed by atoms with Crippen molar-refractivity contribution < 1.29 is 12.8 Å². The quantitative estimate of drug-likeness (QED) is 0.321. The van der Waals surface area contributed by atoms with Gasteiger partial charge in [-0.2, -0.15) is 8.42 Å². The van der Waals surface area contributed by atoms with E-state index in [1.165, 1.54) is 29.9 Å². The summed E-state index contributed by atoms with van der Waals surface area (Å²) in [6.45, 7) is 1.96. The van der Waals surface area contributed by atoms with Crippen LogP contribution >= 0.6 is 22.9 Å². The van der Waals surface area contributed by atoms with E-state index >= 15 is 0 Å². The SMILES string of the molecule is Cc1oc2ccccc2c1-c1cs/c(=N/S(=O)(=O)c2ccc(Cl)cc2)n1C1CCCCC1. The molecule has 0 bridgehead atoms. The molecule has 8 heteroatoms. The predicted molar refractivity (Wildman–Crippen MR) is 129 cm³/mol. The van der Waals surface area contributed by atoms with Crippen molar-refractivity contribution in [3.63, 3.8) is 0 Å². The van der Waals surface area contributed by atoms with Gasteiger partial charge in [-0.1, -0.05) is 49.1 Å². The Labute approximate surface area is 196 Å². The van der Waals surface area contributed by atoms with Crippen molar-refractivity contribution in [2.24, 2.45) is 4.40 Å². The highest BCUT2D eigenvalue weighted by molar-refractivity contribution is 7.90. The molecule has 0 saturated heterocycles. The summed E-state index contributed by atoms with van der Waals surface area (Å²) in [5.41, 5.74) is 2.80. The van der Waals surface area contributed by atoms with E-state index < -0.39 is 10.0 Å². The van der Waals surface area contributed by atoms with E-state index in [0.717, 1.165) is 53.7 Å². The molecule has 2 heterocycles. The summed E-state index contributed by atoms with van der Waals surface area (Å²) < 4.78 is 38.6. The van der Waals surface area contributed by atoms with Gasteiger partial charge in [0, 0.05) is 27.4 Å². The molecular formula is C24H23ClN2O3S2. The van der Waals surface area contributed by atoms with Crippen molar-refractivity contribution in [3.8, 4) is 11.3 Å². The van der Waals surface area contributed by atoms with E-state index in [0.29, 0.717) is 9.82 Å². The number of sulfonamides is 1. The molecule has 2 aromatic carbocycles. The molecule has 32 heavy (non-hydrogen) atoms. The number of hydrogen-bond donors (Lipinski definition) is 0. The van der Waals surface area contributed by atoms with E-state index in [2.05, 4.69) is 8.96 Å². The highest BCUT2D eigenvalue weighted by Gasteiger charge is 2.25. The molecule has 0 radical (unpaired) electrons. The molecule has 0 amide bonds. The largest absolute Gasteiger partial charge is 0.461 e. The third kappa shape index (κ3) is 3.93. The zero-order chi connectivity index (χ0) is 22.3. The van der Waals surface area contributed by atoms with E-state index in [-0.39, 0.29) is 10.9 Å². The fourth-order valence-corrected chi connectivity index (χ4v) is 6.79. The molecule has 1 aliphatic carbocycles. The number of benzene rings is 2. The summed E-state index contributed by atoms with van der Waals surface area (Å²) in [6.07, 6.45) is 5.47. The Hall–Kier alpha value is -2.35. The zero-order valence-electron chi connectivity index (χ0n) is 17.6. The maximum absolute atomic E-state index is 13.1. The van der Waals surface area contributed by atoms with Crippen molar-refractivity contribution in [2.45, 2.75) is 50.0 Å². The summed E-state index contributed by atoms with van der Waals surface area (Å²) in [5, 5.41) is 3.52. The number of hydrogen-bond acceptors (Lipinski definition) is 4. The number of fused-ring (bicyclic) bond motifs is 1. The molecule has 0 spiro atoms. The molecule has 2 aromatic heterocycles. The smallest absolute Gasteiger partial charge is 0.285 e. The van der Waals surface area contributed by atoms with Gasteiger partial charge in [-0.3, -0.25) is 0 Å². The summed E-state index contributed by atoms with van der Waals surface area (Å²) in [7, 11) is -3.87. The van der Waals surface area contributed by atoms with Crippen LogP contribution in [0.2, 0.25) is 5.02 Å². The molecule has 0 atom stereocenters. The van der Waals surface area contributed by atoms with Gasteiger partial charge in [0.1, 0.15) is 11.3 Å². The predicted octanol–water partition coefficient (Wildman–Crippen LogP) is 6.72. The highest BCUT2D eigenvalue weighted by atomic mass is 35.5. The molecule has 4 aromatic rings. The summed E-state index contributed by atoms with van der Waals surface area (Å²) >= 11 is 7.29. The van der Waals surface area contributed by atoms with E-state index in [4.69, 9.17) is 16.0 Å². The number of aromatic nitrogens is 1. The highest BCUT2D eigenvalue weighted by Crippen LogP contribution is 2.38. The van der Waals surface area contributed by atoms with Gasteiger partial charge in [0.2, 0.25) is 4.80 Å². The van der Waals surface area contributed by atoms with Gasteiger partial charge in [-0.25, -0.2) is 0 Å². The van der Waals surface area contributed by atoms with Gasteiger partial charge in [-0.05, 0) is 50.1 Å². The van der Waals surface area contributed by atoms with Gasteiger partial charge in [-0.15, -0.1) is 15.7 Å². The number of aryl methyl sites for hydroxylation is 1. The van der Waals surface area contributed by atoms with Crippen LogP contribution in [0.25, 0.3) is 22.2 Å². The van der Waals surface area contributed by atoms with Crippen LogP contribution in [0, 0.1) is 6.92 Å². The molecule has 1 fully saturated rings. The first kappa shape index (κ1) is 21.5. The van der Waals surface area contributed by atoms with Crippen molar-refractivity contribution in [1.29, 1.82) is 0 Å². The van der Waals surface area contributed by atoms with Gasteiger partial charge in [0.25, 0.3) is 10.0 Å². The Morgan fingerprint density at radius 1 is 1.06 bits per heavy atom. The Bertz CT molecular complexity index is 1440. The van der Waals surface area contributed by atoms with Gasteiger partial charge in [0.05, 0.1) is 10.6 Å². The first-order valence-corrected chi connectivity index (χ1v) is 13.4.